The maximum atomic E-state index is 7.72. The largest absolute Gasteiger partial charge is 0.488 e. The zero-order valence-corrected chi connectivity index (χ0v) is 32.7. The van der Waals surface area contributed by atoms with E-state index in [-0.39, 0.29) is 6.10 Å². The molecular weight excluding hydrogens is 633 g/mol. The average molecular weight is 701 g/mol. The first-order chi connectivity index (χ1) is 25.3. The van der Waals surface area contributed by atoms with Crippen molar-refractivity contribution in [2.75, 3.05) is 6.61 Å². The molecule has 0 spiro atoms. The van der Waals surface area contributed by atoms with Crippen molar-refractivity contribution in [2.45, 2.75) is 195 Å². The Bertz CT molecular complexity index is 1550. The van der Waals surface area contributed by atoms with Crippen LogP contribution in [-0.4, -0.2) is 18.8 Å². The molecule has 16 bridgehead atoms. The summed E-state index contributed by atoms with van der Waals surface area (Å²) in [5.74, 6) is 13.3. The smallest absolute Gasteiger partial charge is 0.124 e. The Hall–Kier alpha value is -1.02. The molecule has 0 N–H and O–H groups in total. The van der Waals surface area contributed by atoms with Crippen molar-refractivity contribution in [3.05, 3.63) is 28.3 Å². The minimum Gasteiger partial charge on any atom is -0.488 e. The maximum Gasteiger partial charge on any atom is 0.124 e. The highest BCUT2D eigenvalue weighted by Crippen LogP contribution is 2.73. The van der Waals surface area contributed by atoms with Crippen LogP contribution in [0.1, 0.15) is 183 Å². The fourth-order valence-electron chi connectivity index (χ4n) is 21.1. The minimum absolute atomic E-state index is 0.173. The van der Waals surface area contributed by atoms with Gasteiger partial charge in [0.15, 0.2) is 0 Å². The normalized spacial score (nSPS) is 56.9. The number of ether oxygens (including phenoxy) is 2. The van der Waals surface area contributed by atoms with E-state index in [1.54, 1.807) is 96.3 Å². The minimum atomic E-state index is 0.173. The van der Waals surface area contributed by atoms with Crippen molar-refractivity contribution in [3.63, 3.8) is 0 Å². The SMILES string of the molecule is CC(Oc1cc(C23CC4CC(CC(C4)C2)C3)c(C23CC4CC(CC(C4)C2)C3)c(C23CC4CC(CC(C4)C2)C3)c1C12CC3CC(CC(C3)C1)C2)C1CO1. The summed E-state index contributed by atoms with van der Waals surface area (Å²) in [6, 6.07) is 2.96. The van der Waals surface area contributed by atoms with Crippen molar-refractivity contribution in [1.82, 2.24) is 0 Å². The molecule has 52 heavy (non-hydrogen) atoms. The third kappa shape index (κ3) is 4.30. The Balaban J connectivity index is 1.09. The van der Waals surface area contributed by atoms with Gasteiger partial charge in [-0.15, -0.1) is 0 Å². The molecule has 2 unspecified atom stereocenters. The summed E-state index contributed by atoms with van der Waals surface area (Å²) < 4.78 is 13.8. The Morgan fingerprint density at radius 1 is 0.442 bits per heavy atom. The Kier molecular flexibility index (Phi) is 6.15. The summed E-state index contributed by atoms with van der Waals surface area (Å²) >= 11 is 0. The molecule has 17 fully saturated rings. The molecule has 0 amide bonds. The van der Waals surface area contributed by atoms with E-state index in [9.17, 15) is 0 Å². The topological polar surface area (TPSA) is 21.8 Å². The van der Waals surface area contributed by atoms with Gasteiger partial charge in [0.2, 0.25) is 0 Å². The molecule has 16 saturated carbocycles. The van der Waals surface area contributed by atoms with Gasteiger partial charge >= 0.3 is 0 Å². The van der Waals surface area contributed by atoms with Crippen LogP contribution in [-0.2, 0) is 26.4 Å². The van der Waals surface area contributed by atoms with Gasteiger partial charge in [-0.1, -0.05) is 0 Å². The van der Waals surface area contributed by atoms with E-state index in [0.29, 0.717) is 27.8 Å². The van der Waals surface area contributed by atoms with Gasteiger partial charge in [-0.3, -0.25) is 0 Å². The fourth-order valence-corrected chi connectivity index (χ4v) is 21.1. The van der Waals surface area contributed by atoms with E-state index in [1.807, 2.05) is 11.1 Å². The molecule has 2 nitrogen and oxygen atoms in total. The third-order valence-corrected chi connectivity index (χ3v) is 20.8. The summed E-state index contributed by atoms with van der Waals surface area (Å²) in [4.78, 5) is 0. The van der Waals surface area contributed by atoms with Crippen LogP contribution >= 0.6 is 0 Å². The van der Waals surface area contributed by atoms with E-state index >= 15 is 0 Å². The number of epoxide rings is 1. The van der Waals surface area contributed by atoms with Crippen LogP contribution in [0.3, 0.4) is 0 Å². The zero-order valence-electron chi connectivity index (χ0n) is 32.7. The van der Waals surface area contributed by atoms with Crippen LogP contribution in [0.4, 0.5) is 0 Å². The molecule has 280 valence electrons. The molecule has 17 aliphatic rings. The Morgan fingerprint density at radius 2 is 0.731 bits per heavy atom. The van der Waals surface area contributed by atoms with Gasteiger partial charge in [0.05, 0.1) is 6.61 Å². The lowest BCUT2D eigenvalue weighted by Gasteiger charge is -2.65. The molecule has 0 aromatic heterocycles. The molecule has 2 atom stereocenters. The lowest BCUT2D eigenvalue weighted by Crippen LogP contribution is -2.56. The van der Waals surface area contributed by atoms with Gasteiger partial charge in [-0.25, -0.2) is 0 Å². The zero-order chi connectivity index (χ0) is 33.8. The molecule has 0 radical (unpaired) electrons. The maximum absolute atomic E-state index is 7.72. The van der Waals surface area contributed by atoms with Gasteiger partial charge in [-0.2, -0.15) is 0 Å². The van der Waals surface area contributed by atoms with Gasteiger partial charge < -0.3 is 9.47 Å². The summed E-state index contributed by atoms with van der Waals surface area (Å²) in [5, 5.41) is 0. The standard InChI is InChI=1S/C50H68O2/c1-28(43-27-51-43)52-42-14-41(47-15-29-2-30(16-47)4-31(3-29)17-47)44(48-18-32-5-33(19-48)7-34(6-32)20-48)46(50-24-38-11-39(25-50)13-40(12-38)26-50)45(42)49-21-35-8-36(22-49)10-37(9-35)23-49/h14,28-40,43H,2-13,15-27H2,1H3. The first-order valence-corrected chi connectivity index (χ1v) is 23.8. The van der Waals surface area contributed by atoms with Gasteiger partial charge in [0, 0.05) is 11.0 Å². The number of hydrogen-bond acceptors (Lipinski definition) is 2. The predicted octanol–water partition coefficient (Wildman–Crippen LogP) is 11.7. The van der Waals surface area contributed by atoms with E-state index in [4.69, 9.17) is 9.47 Å². The highest BCUT2D eigenvalue weighted by Gasteiger charge is 2.63. The molecular formula is C50H68O2. The first-order valence-electron chi connectivity index (χ1n) is 23.8. The Labute approximate surface area is 315 Å². The Morgan fingerprint density at radius 3 is 1.06 bits per heavy atom. The predicted molar refractivity (Wildman–Crippen MR) is 206 cm³/mol. The van der Waals surface area contributed by atoms with Gasteiger partial charge in [-0.05, 0) is 271 Å². The lowest BCUT2D eigenvalue weighted by molar-refractivity contribution is -0.0298. The fraction of sp³-hybridized carbons (Fsp3) is 0.880. The molecule has 16 aliphatic carbocycles. The third-order valence-electron chi connectivity index (χ3n) is 20.8. The molecule has 1 aromatic carbocycles. The van der Waals surface area contributed by atoms with Crippen LogP contribution in [0, 0.1) is 71.0 Å². The van der Waals surface area contributed by atoms with Crippen LogP contribution in [0.15, 0.2) is 6.07 Å². The number of rotatable bonds is 7. The first kappa shape index (κ1) is 31.1. The highest BCUT2D eigenvalue weighted by atomic mass is 16.6. The van der Waals surface area contributed by atoms with Crippen LogP contribution in [0.25, 0.3) is 0 Å². The van der Waals surface area contributed by atoms with Crippen LogP contribution in [0.5, 0.6) is 5.75 Å². The lowest BCUT2D eigenvalue weighted by atomic mass is 9.39. The number of benzene rings is 1. The second-order valence-corrected chi connectivity index (χ2v) is 24.5. The monoisotopic (exact) mass is 701 g/mol. The van der Waals surface area contributed by atoms with Crippen molar-refractivity contribution < 1.29 is 9.47 Å². The van der Waals surface area contributed by atoms with Crippen molar-refractivity contribution >= 4 is 0 Å². The second kappa shape index (κ2) is 10.3. The van der Waals surface area contributed by atoms with E-state index < -0.39 is 0 Å². The summed E-state index contributed by atoms with van der Waals surface area (Å²) in [5.41, 5.74) is 9.76. The van der Waals surface area contributed by atoms with Crippen molar-refractivity contribution in [3.8, 4) is 5.75 Å². The van der Waals surface area contributed by atoms with Crippen molar-refractivity contribution in [2.24, 2.45) is 71.0 Å². The van der Waals surface area contributed by atoms with Gasteiger partial charge in [0.25, 0.3) is 0 Å². The van der Waals surface area contributed by atoms with E-state index in [0.717, 1.165) is 77.6 Å². The van der Waals surface area contributed by atoms with E-state index in [1.165, 1.54) is 63.5 Å². The average Bonchev–Trinajstić information content (AvgIpc) is 3.92. The molecule has 1 heterocycles. The molecule has 2 heteroatoms. The molecule has 1 aliphatic heterocycles. The second-order valence-electron chi connectivity index (χ2n) is 24.5. The van der Waals surface area contributed by atoms with Crippen molar-refractivity contribution in [1.29, 1.82) is 0 Å². The summed E-state index contributed by atoms with van der Waals surface area (Å²) in [6.07, 6.45) is 37.4. The number of hydrogen-bond donors (Lipinski definition) is 0. The van der Waals surface area contributed by atoms with E-state index in [2.05, 4.69) is 24.1 Å². The van der Waals surface area contributed by atoms with Gasteiger partial charge in [0.1, 0.15) is 18.0 Å². The van der Waals surface area contributed by atoms with Crippen LogP contribution < -0.4 is 4.74 Å². The molecule has 18 rings (SSSR count). The quantitative estimate of drug-likeness (QED) is 0.264. The molecule has 1 aromatic rings. The summed E-state index contributed by atoms with van der Waals surface area (Å²) in [7, 11) is 0. The van der Waals surface area contributed by atoms with Crippen LogP contribution in [0.2, 0.25) is 0 Å². The molecule has 1 saturated heterocycles. The highest BCUT2D eigenvalue weighted by molar-refractivity contribution is 5.63. The summed E-state index contributed by atoms with van der Waals surface area (Å²) in [6.45, 7) is 3.30.